The van der Waals surface area contributed by atoms with Gasteiger partial charge in [-0.2, -0.15) is 0 Å². The van der Waals surface area contributed by atoms with Crippen molar-refractivity contribution in [2.75, 3.05) is 0 Å². The number of carbonyl (C=O) groups is 1. The lowest BCUT2D eigenvalue weighted by molar-refractivity contribution is 0.0696. The molecule has 24 heavy (non-hydrogen) atoms. The Labute approximate surface area is 138 Å². The van der Waals surface area contributed by atoms with Gasteiger partial charge in [0.1, 0.15) is 5.65 Å². The highest BCUT2D eigenvalue weighted by molar-refractivity contribution is 5.87. The van der Waals surface area contributed by atoms with Gasteiger partial charge in [0, 0.05) is 11.8 Å². The molecule has 0 spiro atoms. The largest absolute Gasteiger partial charge is 0.478 e. The summed E-state index contributed by atoms with van der Waals surface area (Å²) in [6.07, 6.45) is 5.00. The highest BCUT2D eigenvalue weighted by Crippen LogP contribution is 2.11. The number of fused-ring (bicyclic) bond motifs is 1. The molecule has 0 saturated heterocycles. The molecule has 3 rings (SSSR count). The number of hydrogen-bond acceptors (Lipinski definition) is 3. The number of carboxylic acids is 1. The van der Waals surface area contributed by atoms with E-state index >= 15 is 0 Å². The van der Waals surface area contributed by atoms with E-state index in [-0.39, 0.29) is 11.1 Å². The molecule has 5 nitrogen and oxygen atoms in total. The average Bonchev–Trinajstić information content (AvgIpc) is 2.58. The van der Waals surface area contributed by atoms with Crippen molar-refractivity contribution in [2.45, 2.75) is 13.8 Å². The van der Waals surface area contributed by atoms with Gasteiger partial charge in [-0.1, -0.05) is 35.9 Å². The molecular formula is C19H16N2O3. The number of benzene rings is 1. The molecule has 0 bridgehead atoms. The highest BCUT2D eigenvalue weighted by Gasteiger charge is 2.09. The number of rotatable bonds is 3. The third-order valence-corrected chi connectivity index (χ3v) is 3.84. The molecular weight excluding hydrogens is 304 g/mol. The molecule has 2 heterocycles. The van der Waals surface area contributed by atoms with Crippen LogP contribution in [0.25, 0.3) is 17.8 Å². The monoisotopic (exact) mass is 320 g/mol. The van der Waals surface area contributed by atoms with E-state index in [9.17, 15) is 9.59 Å². The van der Waals surface area contributed by atoms with Crippen LogP contribution in [0.3, 0.4) is 0 Å². The molecule has 1 N–H and O–H groups in total. The summed E-state index contributed by atoms with van der Waals surface area (Å²) >= 11 is 0. The molecule has 0 aliphatic carbocycles. The van der Waals surface area contributed by atoms with Crippen LogP contribution in [0.4, 0.5) is 0 Å². The Hall–Kier alpha value is -3.21. The Morgan fingerprint density at radius 3 is 2.46 bits per heavy atom. The first kappa shape index (κ1) is 15.7. The molecule has 0 amide bonds. The molecule has 0 aliphatic heterocycles. The van der Waals surface area contributed by atoms with E-state index in [1.165, 1.54) is 28.3 Å². The summed E-state index contributed by atoms with van der Waals surface area (Å²) in [4.78, 5) is 28.0. The van der Waals surface area contributed by atoms with Crippen molar-refractivity contribution in [1.82, 2.24) is 9.38 Å². The van der Waals surface area contributed by atoms with Crippen molar-refractivity contribution in [2.24, 2.45) is 0 Å². The third-order valence-electron chi connectivity index (χ3n) is 3.84. The summed E-state index contributed by atoms with van der Waals surface area (Å²) < 4.78 is 1.27. The maximum absolute atomic E-state index is 12.5. The molecule has 0 atom stereocenters. The van der Waals surface area contributed by atoms with E-state index < -0.39 is 5.97 Å². The summed E-state index contributed by atoms with van der Waals surface area (Å²) in [5, 5.41) is 9.04. The molecule has 1 aromatic carbocycles. The number of nitrogens with zero attached hydrogens (tertiary/aromatic N) is 2. The van der Waals surface area contributed by atoms with E-state index in [4.69, 9.17) is 5.11 Å². The van der Waals surface area contributed by atoms with Gasteiger partial charge < -0.3 is 5.11 Å². The summed E-state index contributed by atoms with van der Waals surface area (Å²) in [5.41, 5.74) is 3.43. The number of aromatic nitrogens is 2. The van der Waals surface area contributed by atoms with Crippen molar-refractivity contribution in [1.29, 1.82) is 0 Å². The normalized spacial score (nSPS) is 11.2. The molecule has 0 aliphatic rings. The first-order chi connectivity index (χ1) is 11.5. The van der Waals surface area contributed by atoms with Crippen LogP contribution < -0.4 is 5.56 Å². The van der Waals surface area contributed by atoms with Gasteiger partial charge in [-0.25, -0.2) is 9.78 Å². The summed E-state index contributed by atoms with van der Waals surface area (Å²) in [5.74, 6) is -1.08. The topological polar surface area (TPSA) is 71.7 Å². The first-order valence-corrected chi connectivity index (χ1v) is 7.47. The predicted octanol–water partition coefficient (Wildman–Crippen LogP) is 3.18. The second kappa shape index (κ2) is 6.12. The van der Waals surface area contributed by atoms with E-state index in [0.717, 1.165) is 5.56 Å². The fraction of sp³-hybridized carbons (Fsp3) is 0.105. The zero-order valence-corrected chi connectivity index (χ0v) is 13.4. The third kappa shape index (κ3) is 2.96. The van der Waals surface area contributed by atoms with Crippen LogP contribution in [0.5, 0.6) is 0 Å². The fourth-order valence-corrected chi connectivity index (χ4v) is 2.39. The van der Waals surface area contributed by atoms with E-state index in [2.05, 4.69) is 4.98 Å². The standard InChI is InChI=1S/C19H16N2O3/c1-12-3-5-14(6-4-12)7-9-16-13(2)18(22)21-11-15(19(23)24)8-10-17(21)20-16/h3-11H,1-2H3,(H,23,24). The number of hydrogen-bond donors (Lipinski definition) is 1. The molecule has 0 saturated carbocycles. The van der Waals surface area contributed by atoms with Gasteiger partial charge in [-0.05, 0) is 37.6 Å². The van der Waals surface area contributed by atoms with Crippen LogP contribution in [0.1, 0.15) is 32.7 Å². The quantitative estimate of drug-likeness (QED) is 0.804. The Morgan fingerprint density at radius 1 is 1.08 bits per heavy atom. The van der Waals surface area contributed by atoms with Gasteiger partial charge in [0.15, 0.2) is 0 Å². The van der Waals surface area contributed by atoms with Crippen molar-refractivity contribution >= 4 is 23.8 Å². The van der Waals surface area contributed by atoms with Gasteiger partial charge in [0.25, 0.3) is 5.56 Å². The molecule has 0 unspecified atom stereocenters. The Morgan fingerprint density at radius 2 is 1.79 bits per heavy atom. The predicted molar refractivity (Wildman–Crippen MR) is 93.3 cm³/mol. The number of aryl methyl sites for hydroxylation is 1. The zero-order chi connectivity index (χ0) is 17.3. The molecule has 3 aromatic rings. The van der Waals surface area contributed by atoms with Gasteiger partial charge in [-0.3, -0.25) is 9.20 Å². The minimum absolute atomic E-state index is 0.0498. The second-order valence-electron chi connectivity index (χ2n) is 5.62. The van der Waals surface area contributed by atoms with E-state index in [1.807, 2.05) is 37.3 Å². The lowest BCUT2D eigenvalue weighted by atomic mass is 10.1. The van der Waals surface area contributed by atoms with Gasteiger partial charge in [-0.15, -0.1) is 0 Å². The summed E-state index contributed by atoms with van der Waals surface area (Å²) in [6.45, 7) is 3.71. The van der Waals surface area contributed by atoms with Crippen LogP contribution in [-0.2, 0) is 0 Å². The van der Waals surface area contributed by atoms with Crippen LogP contribution in [-0.4, -0.2) is 20.5 Å². The van der Waals surface area contributed by atoms with Crippen molar-refractivity contribution in [3.05, 3.63) is 80.9 Å². The smallest absolute Gasteiger partial charge is 0.337 e. The lowest BCUT2D eigenvalue weighted by Crippen LogP contribution is -2.20. The minimum atomic E-state index is -1.08. The van der Waals surface area contributed by atoms with Crippen molar-refractivity contribution < 1.29 is 9.90 Å². The zero-order valence-electron chi connectivity index (χ0n) is 13.4. The summed E-state index contributed by atoms with van der Waals surface area (Å²) in [7, 11) is 0. The number of aromatic carboxylic acids is 1. The first-order valence-electron chi connectivity index (χ1n) is 7.47. The highest BCUT2D eigenvalue weighted by atomic mass is 16.4. The number of carboxylic acid groups (broad SMARTS) is 1. The Kier molecular flexibility index (Phi) is 4.00. The molecule has 120 valence electrons. The lowest BCUT2D eigenvalue weighted by Gasteiger charge is -2.06. The van der Waals surface area contributed by atoms with Crippen molar-refractivity contribution in [3.63, 3.8) is 0 Å². The van der Waals surface area contributed by atoms with Gasteiger partial charge in [0.05, 0.1) is 11.3 Å². The van der Waals surface area contributed by atoms with Crippen molar-refractivity contribution in [3.8, 4) is 0 Å². The van der Waals surface area contributed by atoms with Crippen LogP contribution in [0, 0.1) is 13.8 Å². The van der Waals surface area contributed by atoms with Crippen LogP contribution in [0.2, 0.25) is 0 Å². The Balaban J connectivity index is 2.07. The fourth-order valence-electron chi connectivity index (χ4n) is 2.39. The Bertz CT molecular complexity index is 1020. The summed E-state index contributed by atoms with van der Waals surface area (Å²) in [6, 6.07) is 11.0. The van der Waals surface area contributed by atoms with E-state index in [1.54, 1.807) is 13.0 Å². The van der Waals surface area contributed by atoms with Crippen LogP contribution >= 0.6 is 0 Å². The molecule has 2 aromatic heterocycles. The SMILES string of the molecule is Cc1ccc(C=Cc2nc3ccc(C(=O)O)cn3c(=O)c2C)cc1. The average molecular weight is 320 g/mol. The maximum Gasteiger partial charge on any atom is 0.337 e. The molecule has 0 fully saturated rings. The number of pyridine rings is 1. The molecule has 0 radical (unpaired) electrons. The van der Waals surface area contributed by atoms with Gasteiger partial charge >= 0.3 is 5.97 Å². The van der Waals surface area contributed by atoms with Crippen LogP contribution in [0.15, 0.2) is 47.4 Å². The van der Waals surface area contributed by atoms with E-state index in [0.29, 0.717) is 16.9 Å². The second-order valence-corrected chi connectivity index (χ2v) is 5.62. The minimum Gasteiger partial charge on any atom is -0.478 e. The maximum atomic E-state index is 12.5. The molecule has 5 heteroatoms. The van der Waals surface area contributed by atoms with Gasteiger partial charge in [0.2, 0.25) is 0 Å².